The Bertz CT molecular complexity index is 656. The summed E-state index contributed by atoms with van der Waals surface area (Å²) < 4.78 is 13.0. The number of benzene rings is 2. The molecule has 0 saturated carbocycles. The van der Waals surface area contributed by atoms with Crippen molar-refractivity contribution in [2.24, 2.45) is 0 Å². The molecule has 0 fully saturated rings. The number of rotatable bonds is 4. The van der Waals surface area contributed by atoms with Crippen molar-refractivity contribution in [2.45, 2.75) is 27.2 Å². The first-order valence-electron chi connectivity index (χ1n) is 6.85. The van der Waals surface area contributed by atoms with Gasteiger partial charge < -0.3 is 9.85 Å². The predicted octanol–water partition coefficient (Wildman–Crippen LogP) is 4.37. The van der Waals surface area contributed by atoms with E-state index in [2.05, 4.69) is 19.9 Å². The molecule has 0 heterocycles. The van der Waals surface area contributed by atoms with Gasteiger partial charge in [-0.05, 0) is 32.8 Å². The topological polar surface area (TPSA) is 29.5 Å². The van der Waals surface area contributed by atoms with E-state index in [-0.39, 0.29) is 0 Å². The Hall–Kier alpha value is -1.96. The number of aromatic hydroxyl groups is 1. The maximum Gasteiger partial charge on any atom is 0.293 e. The van der Waals surface area contributed by atoms with Crippen LogP contribution in [0.15, 0.2) is 35.9 Å². The zero-order valence-corrected chi connectivity index (χ0v) is 11.9. The van der Waals surface area contributed by atoms with Crippen molar-refractivity contribution in [3.05, 3.63) is 47.0 Å². The maximum atomic E-state index is 7.35. The number of ether oxygens (including phenoxy) is 1. The van der Waals surface area contributed by atoms with Crippen LogP contribution in [0.5, 0.6) is 11.5 Å². The summed E-state index contributed by atoms with van der Waals surface area (Å²) in [5.74, 6) is 1.48. The normalized spacial score (nSPS) is 11.1. The zero-order valence-electron chi connectivity index (χ0n) is 12.9. The first-order chi connectivity index (χ1) is 9.60. The smallest absolute Gasteiger partial charge is 0.293 e. The van der Waals surface area contributed by atoms with Gasteiger partial charge in [-0.2, -0.15) is 0 Å². The van der Waals surface area contributed by atoms with Crippen LogP contribution in [0.2, 0.25) is 0 Å². The van der Waals surface area contributed by atoms with Gasteiger partial charge in [0.1, 0.15) is 11.5 Å². The Kier molecular flexibility index (Phi) is 3.41. The van der Waals surface area contributed by atoms with E-state index in [0.717, 1.165) is 34.1 Å². The van der Waals surface area contributed by atoms with Gasteiger partial charge in [-0.15, -0.1) is 0 Å². The van der Waals surface area contributed by atoms with E-state index in [9.17, 15) is 0 Å². The number of allylic oxidation sites excluding steroid dienone is 2. The minimum atomic E-state index is 0.610. The Morgan fingerprint density at radius 2 is 2.00 bits per heavy atom. The van der Waals surface area contributed by atoms with Crippen molar-refractivity contribution in [2.75, 3.05) is 7.11 Å². The van der Waals surface area contributed by atoms with Crippen LogP contribution in [0.4, 0.5) is 0 Å². The third-order valence-corrected chi connectivity index (χ3v) is 3.40. The second-order valence-electron chi connectivity index (χ2n) is 5.00. The minimum Gasteiger partial charge on any atom is -0.507 e. The summed E-state index contributed by atoms with van der Waals surface area (Å²) in [4.78, 5) is 0. The molecule has 0 amide bonds. The van der Waals surface area contributed by atoms with E-state index in [4.69, 9.17) is 11.3 Å². The first-order valence-corrected chi connectivity index (χ1v) is 6.44. The summed E-state index contributed by atoms with van der Waals surface area (Å²) in [5.41, 5.74) is 3.30. The largest absolute Gasteiger partial charge is 0.507 e. The minimum absolute atomic E-state index is 0.610. The summed E-state index contributed by atoms with van der Waals surface area (Å²) in [6.07, 6.45) is 2.94. The molecule has 0 bridgehead atoms. The molecule has 0 unspecified atom stereocenters. The number of hydrogen-bond donors (Lipinski definition) is 1. The van der Waals surface area contributed by atoms with Crippen LogP contribution in [0.3, 0.4) is 0 Å². The molecule has 2 aromatic carbocycles. The Balaban J connectivity index is 2.78. The molecule has 0 radical (unpaired) electrons. The fraction of sp³-hybridized carbons (Fsp3) is 0.294. The summed E-state index contributed by atoms with van der Waals surface area (Å²) in [6.45, 7) is 6.13. The molecular formula is C17H20O2. The van der Waals surface area contributed by atoms with Gasteiger partial charge in [-0.25, -0.2) is 0 Å². The van der Waals surface area contributed by atoms with Gasteiger partial charge in [0.2, 0.25) is 0 Å². The van der Waals surface area contributed by atoms with Crippen LogP contribution in [0.1, 0.15) is 25.0 Å². The van der Waals surface area contributed by atoms with E-state index in [1.807, 2.05) is 31.2 Å². The third kappa shape index (κ3) is 2.43. The molecule has 1 N–H and O–H groups in total. The second-order valence-corrected chi connectivity index (χ2v) is 5.00. The highest BCUT2D eigenvalue weighted by molar-refractivity contribution is 5.95. The lowest BCUT2D eigenvalue weighted by molar-refractivity contribution is 0.413. The number of fused-ring (bicyclic) bond motifs is 1. The quantitative estimate of drug-likeness (QED) is 0.824. The molecule has 100 valence electrons. The number of hydrogen-bond acceptors (Lipinski definition) is 2. The van der Waals surface area contributed by atoms with Crippen molar-refractivity contribution in [1.82, 2.24) is 0 Å². The highest BCUT2D eigenvalue weighted by Gasteiger charge is 2.15. The molecule has 0 aliphatic rings. The lowest BCUT2D eigenvalue weighted by Crippen LogP contribution is -1.97. The maximum absolute atomic E-state index is 7.35. The van der Waals surface area contributed by atoms with Crippen LogP contribution in [0, 0.1) is 6.92 Å². The molecule has 0 atom stereocenters. The molecule has 2 aromatic rings. The van der Waals surface area contributed by atoms with E-state index in [0.29, 0.717) is 5.75 Å². The van der Waals surface area contributed by atoms with Crippen molar-refractivity contribution < 1.29 is 9.85 Å². The molecule has 2 nitrogen and oxygen atoms in total. The SMILES string of the molecule is [2H]Oc1c(C)c(CC=C(C)C)c(OC)c2ccccc12. The fourth-order valence-corrected chi connectivity index (χ4v) is 2.34. The van der Waals surface area contributed by atoms with Crippen molar-refractivity contribution >= 4 is 10.8 Å². The number of methoxy groups -OCH3 is 1. The second kappa shape index (κ2) is 5.35. The number of phenolic OH excluding ortho intramolecular Hbond substituents is 1. The van der Waals surface area contributed by atoms with Crippen molar-refractivity contribution in [3.8, 4) is 11.5 Å². The Morgan fingerprint density at radius 3 is 2.58 bits per heavy atom. The van der Waals surface area contributed by atoms with Crippen molar-refractivity contribution in [1.29, 1.82) is 1.43 Å². The summed E-state index contributed by atoms with van der Waals surface area (Å²) in [6, 6.07) is 7.87. The number of phenols is 1. The van der Waals surface area contributed by atoms with Gasteiger partial charge in [0.05, 0.1) is 7.11 Å². The van der Waals surface area contributed by atoms with Crippen LogP contribution in [-0.2, 0) is 6.42 Å². The van der Waals surface area contributed by atoms with E-state index < -0.39 is 0 Å². The fourth-order valence-electron chi connectivity index (χ4n) is 2.34. The zero-order chi connectivity index (χ0) is 14.7. The summed E-state index contributed by atoms with van der Waals surface area (Å²) >= 11 is 0. The van der Waals surface area contributed by atoms with E-state index >= 15 is 0 Å². The Labute approximate surface area is 115 Å². The van der Waals surface area contributed by atoms with Gasteiger partial charge >= 0.3 is 0 Å². The molecule has 2 heteroatoms. The molecule has 0 aromatic heterocycles. The molecule has 0 aliphatic carbocycles. The van der Waals surface area contributed by atoms with Gasteiger partial charge in [-0.3, -0.25) is 0 Å². The summed E-state index contributed by atoms with van der Waals surface area (Å²) in [7, 11) is 1.69. The molecule has 2 rings (SSSR count). The molecule has 0 spiro atoms. The third-order valence-electron chi connectivity index (χ3n) is 3.40. The average molecular weight is 257 g/mol. The van der Waals surface area contributed by atoms with Crippen LogP contribution < -0.4 is 4.74 Å². The lowest BCUT2D eigenvalue weighted by atomic mass is 9.96. The highest BCUT2D eigenvalue weighted by Crippen LogP contribution is 2.40. The van der Waals surface area contributed by atoms with E-state index in [1.165, 1.54) is 5.57 Å². The standard InChI is InChI=1S/C17H20O2/c1-11(2)9-10-13-12(3)16(18)14-7-5-6-8-15(14)17(13)19-4/h5-9,18H,10H2,1-4H3/i/hD. The average Bonchev–Trinajstić information content (AvgIpc) is 2.44. The predicted molar refractivity (Wildman–Crippen MR) is 80.0 cm³/mol. The summed E-state index contributed by atoms with van der Waals surface area (Å²) in [5, 5.41) is 6.78. The van der Waals surface area contributed by atoms with Gasteiger partial charge in [0.25, 0.3) is 1.43 Å². The van der Waals surface area contributed by atoms with Gasteiger partial charge in [0.15, 0.2) is 0 Å². The van der Waals surface area contributed by atoms with E-state index in [1.54, 1.807) is 7.11 Å². The van der Waals surface area contributed by atoms with Crippen molar-refractivity contribution in [3.63, 3.8) is 0 Å². The molecule has 19 heavy (non-hydrogen) atoms. The molecular weight excluding hydrogens is 236 g/mol. The Morgan fingerprint density at radius 1 is 1.32 bits per heavy atom. The van der Waals surface area contributed by atoms with Crippen LogP contribution in [-0.4, -0.2) is 13.6 Å². The van der Waals surface area contributed by atoms with Gasteiger partial charge in [0, 0.05) is 16.3 Å². The lowest BCUT2D eigenvalue weighted by Gasteiger charge is -2.16. The van der Waals surface area contributed by atoms with Crippen LogP contribution in [0.25, 0.3) is 10.8 Å². The monoisotopic (exact) mass is 257 g/mol. The molecule has 0 aliphatic heterocycles. The molecule has 0 saturated heterocycles. The first kappa shape index (κ1) is 12.1. The van der Waals surface area contributed by atoms with Crippen LogP contribution >= 0.6 is 0 Å². The van der Waals surface area contributed by atoms with Gasteiger partial charge in [-0.1, -0.05) is 35.9 Å². The highest BCUT2D eigenvalue weighted by atomic mass is 16.5.